The molecule has 3 aliphatic rings. The topological polar surface area (TPSA) is 102 Å². The largest absolute Gasteiger partial charge is 0.469 e. The number of aliphatic hydroxyl groups is 1. The van der Waals surface area contributed by atoms with E-state index in [1.54, 1.807) is 6.92 Å². The van der Waals surface area contributed by atoms with E-state index in [1.165, 1.54) is 7.11 Å². The zero-order valence-electron chi connectivity index (χ0n) is 15.7. The fourth-order valence-corrected chi connectivity index (χ4v) is 5.60. The van der Waals surface area contributed by atoms with Crippen LogP contribution in [-0.2, 0) is 23.9 Å². The molecule has 27 heavy (non-hydrogen) atoms. The first kappa shape index (κ1) is 20.4. The molecule has 0 aromatic rings. The standard InChI is InChI=1S/C19H27NO6S/c1-18-13(8-10-26-18)16(23)20-19(18,15(22)12-6-4-3-5-7-12)17(24)27-11-9-14(21)25-2/h4,6,12-13,15,22H,3,5,7-11H2,1-2H3,(H,20,23)/t12-,13+,15+,18+,19+/m1/s1. The highest BCUT2D eigenvalue weighted by molar-refractivity contribution is 8.13. The maximum atomic E-state index is 13.3. The number of carbonyl (C=O) groups excluding carboxylic acids is 3. The van der Waals surface area contributed by atoms with Crippen molar-refractivity contribution in [3.8, 4) is 0 Å². The fourth-order valence-electron chi connectivity index (χ4n) is 4.55. The van der Waals surface area contributed by atoms with Gasteiger partial charge in [0.1, 0.15) is 5.60 Å². The third-order valence-corrected chi connectivity index (χ3v) is 7.12. The van der Waals surface area contributed by atoms with E-state index in [-0.39, 0.29) is 29.1 Å². The van der Waals surface area contributed by atoms with E-state index in [9.17, 15) is 19.5 Å². The lowest BCUT2D eigenvalue weighted by atomic mass is 9.69. The van der Waals surface area contributed by atoms with Gasteiger partial charge in [0.2, 0.25) is 11.0 Å². The zero-order chi connectivity index (χ0) is 19.7. The lowest BCUT2D eigenvalue weighted by Crippen LogP contribution is -2.69. The minimum Gasteiger partial charge on any atom is -0.469 e. The first-order valence-corrected chi connectivity index (χ1v) is 10.4. The average molecular weight is 397 g/mol. The molecule has 3 rings (SSSR count). The minimum atomic E-state index is -1.53. The summed E-state index contributed by atoms with van der Waals surface area (Å²) in [6.45, 7) is 2.13. The first-order valence-electron chi connectivity index (χ1n) is 9.41. The molecule has 2 heterocycles. The number of ether oxygens (including phenoxy) is 2. The van der Waals surface area contributed by atoms with Crippen LogP contribution in [0.1, 0.15) is 39.0 Å². The Balaban J connectivity index is 1.90. The molecular weight excluding hydrogens is 370 g/mol. The van der Waals surface area contributed by atoms with E-state index in [0.717, 1.165) is 31.0 Å². The van der Waals surface area contributed by atoms with Gasteiger partial charge in [-0.2, -0.15) is 0 Å². The van der Waals surface area contributed by atoms with Gasteiger partial charge in [-0.05, 0) is 32.6 Å². The van der Waals surface area contributed by atoms with Crippen LogP contribution in [0, 0.1) is 11.8 Å². The van der Waals surface area contributed by atoms with Crippen LogP contribution < -0.4 is 5.32 Å². The van der Waals surface area contributed by atoms with Crippen LogP contribution in [0.3, 0.4) is 0 Å². The number of aliphatic hydroxyl groups excluding tert-OH is 1. The summed E-state index contributed by atoms with van der Waals surface area (Å²) >= 11 is 0.940. The van der Waals surface area contributed by atoms with Crippen LogP contribution in [0.15, 0.2) is 12.2 Å². The monoisotopic (exact) mass is 397 g/mol. The van der Waals surface area contributed by atoms with Crippen molar-refractivity contribution in [2.45, 2.75) is 56.3 Å². The van der Waals surface area contributed by atoms with E-state index >= 15 is 0 Å². The highest BCUT2D eigenvalue weighted by Crippen LogP contribution is 2.51. The van der Waals surface area contributed by atoms with Crippen molar-refractivity contribution in [3.05, 3.63) is 12.2 Å². The van der Waals surface area contributed by atoms with E-state index in [2.05, 4.69) is 10.1 Å². The van der Waals surface area contributed by atoms with Crippen molar-refractivity contribution in [2.75, 3.05) is 19.5 Å². The van der Waals surface area contributed by atoms with Crippen molar-refractivity contribution in [1.29, 1.82) is 0 Å². The van der Waals surface area contributed by atoms with Crippen molar-refractivity contribution in [2.24, 2.45) is 11.8 Å². The van der Waals surface area contributed by atoms with Gasteiger partial charge >= 0.3 is 5.97 Å². The van der Waals surface area contributed by atoms with E-state index in [1.807, 2.05) is 12.2 Å². The van der Waals surface area contributed by atoms with Crippen LogP contribution in [-0.4, -0.2) is 58.8 Å². The molecule has 1 aliphatic carbocycles. The summed E-state index contributed by atoms with van der Waals surface area (Å²) in [5, 5.41) is 13.8. The van der Waals surface area contributed by atoms with Crippen LogP contribution in [0.4, 0.5) is 0 Å². The molecule has 0 saturated carbocycles. The third kappa shape index (κ3) is 3.32. The van der Waals surface area contributed by atoms with Gasteiger partial charge in [0, 0.05) is 18.3 Å². The average Bonchev–Trinajstić information content (AvgIpc) is 3.17. The smallest absolute Gasteiger partial charge is 0.306 e. The summed E-state index contributed by atoms with van der Waals surface area (Å²) in [6.07, 6.45) is 6.06. The molecule has 0 aromatic heterocycles. The number of methoxy groups -OCH3 is 1. The van der Waals surface area contributed by atoms with E-state index < -0.39 is 29.1 Å². The number of carbonyl (C=O) groups is 3. The molecule has 150 valence electrons. The Morgan fingerprint density at radius 2 is 2.26 bits per heavy atom. The summed E-state index contributed by atoms with van der Waals surface area (Å²) < 4.78 is 10.6. The van der Waals surface area contributed by atoms with Crippen molar-refractivity contribution >= 4 is 28.8 Å². The number of nitrogens with one attached hydrogen (secondary N) is 1. The minimum absolute atomic E-state index is 0.0807. The molecule has 8 heteroatoms. The summed E-state index contributed by atoms with van der Waals surface area (Å²) in [7, 11) is 1.30. The second-order valence-electron chi connectivity index (χ2n) is 7.52. The molecule has 2 fully saturated rings. The molecule has 1 amide bonds. The van der Waals surface area contributed by atoms with Crippen LogP contribution >= 0.6 is 11.8 Å². The summed E-state index contributed by atoms with van der Waals surface area (Å²) in [5.74, 6) is -1.14. The van der Waals surface area contributed by atoms with E-state index in [4.69, 9.17) is 4.74 Å². The van der Waals surface area contributed by atoms with Gasteiger partial charge in [0.05, 0.1) is 25.6 Å². The second kappa shape index (κ2) is 7.93. The number of amides is 1. The lowest BCUT2D eigenvalue weighted by Gasteiger charge is -2.45. The zero-order valence-corrected chi connectivity index (χ0v) is 16.5. The molecule has 0 aromatic carbocycles. The van der Waals surface area contributed by atoms with Crippen molar-refractivity contribution in [1.82, 2.24) is 5.32 Å². The van der Waals surface area contributed by atoms with E-state index in [0.29, 0.717) is 13.0 Å². The maximum Gasteiger partial charge on any atom is 0.306 e. The Bertz CT molecular complexity index is 652. The molecule has 7 nitrogen and oxygen atoms in total. The van der Waals surface area contributed by atoms with Gasteiger partial charge in [-0.25, -0.2) is 0 Å². The summed E-state index contributed by atoms with van der Waals surface area (Å²) in [6, 6.07) is 0. The number of esters is 1. The molecule has 0 spiro atoms. The molecule has 2 saturated heterocycles. The SMILES string of the molecule is COC(=O)CCSC(=O)[C@]1([C@@H](O)[C@@H]2C=CCCC2)NC(=O)[C@@H]2CCO[C@@]21C. The van der Waals surface area contributed by atoms with Gasteiger partial charge in [-0.15, -0.1) is 0 Å². The summed E-state index contributed by atoms with van der Waals surface area (Å²) in [4.78, 5) is 37.4. The Kier molecular flexibility index (Phi) is 5.98. The van der Waals surface area contributed by atoms with Crippen LogP contribution in [0.5, 0.6) is 0 Å². The molecule has 0 radical (unpaired) electrons. The Morgan fingerprint density at radius 1 is 1.48 bits per heavy atom. The number of rotatable bonds is 6. The predicted molar refractivity (Wildman–Crippen MR) is 99.9 cm³/mol. The van der Waals surface area contributed by atoms with Gasteiger partial charge in [0.25, 0.3) is 0 Å². The maximum absolute atomic E-state index is 13.3. The number of fused-ring (bicyclic) bond motifs is 1. The highest BCUT2D eigenvalue weighted by Gasteiger charge is 2.71. The number of hydrogen-bond donors (Lipinski definition) is 2. The van der Waals surface area contributed by atoms with Crippen molar-refractivity contribution in [3.63, 3.8) is 0 Å². The number of hydrogen-bond acceptors (Lipinski definition) is 7. The fraction of sp³-hybridized carbons (Fsp3) is 0.737. The number of thioether (sulfide) groups is 1. The van der Waals surface area contributed by atoms with Gasteiger partial charge in [0.15, 0.2) is 5.54 Å². The molecule has 0 unspecified atom stereocenters. The van der Waals surface area contributed by atoms with Gasteiger partial charge < -0.3 is 19.9 Å². The van der Waals surface area contributed by atoms with Gasteiger partial charge in [-0.1, -0.05) is 23.9 Å². The number of allylic oxidation sites excluding steroid dienone is 1. The van der Waals surface area contributed by atoms with Gasteiger partial charge in [-0.3, -0.25) is 14.4 Å². The molecule has 5 atom stereocenters. The van der Waals surface area contributed by atoms with Crippen LogP contribution in [0.25, 0.3) is 0 Å². The molecular formula is C19H27NO6S. The molecule has 2 N–H and O–H groups in total. The normalized spacial score (nSPS) is 36.2. The Hall–Kier alpha value is -1.38. The first-order chi connectivity index (χ1) is 12.9. The van der Waals surface area contributed by atoms with Crippen molar-refractivity contribution < 1.29 is 29.0 Å². The summed E-state index contributed by atoms with van der Waals surface area (Å²) in [5.41, 5.74) is -2.64. The lowest BCUT2D eigenvalue weighted by molar-refractivity contribution is -0.143. The Labute approximate surface area is 163 Å². The molecule has 0 bridgehead atoms. The predicted octanol–water partition coefficient (Wildman–Crippen LogP) is 1.19. The molecule has 2 aliphatic heterocycles. The Morgan fingerprint density at radius 3 is 2.93 bits per heavy atom. The highest BCUT2D eigenvalue weighted by atomic mass is 32.2. The quantitative estimate of drug-likeness (QED) is 0.513. The second-order valence-corrected chi connectivity index (χ2v) is 8.59. The van der Waals surface area contributed by atoms with Crippen LogP contribution in [0.2, 0.25) is 0 Å². The third-order valence-electron chi connectivity index (χ3n) is 6.12.